The molecule has 95 heavy (non-hydrogen) atoms. The lowest BCUT2D eigenvalue weighted by Crippen LogP contribution is -2.42. The Bertz CT molecular complexity index is 4700. The van der Waals surface area contributed by atoms with Crippen molar-refractivity contribution in [3.63, 3.8) is 0 Å². The smallest absolute Gasteiger partial charge is 0.211 e. The van der Waals surface area contributed by atoms with E-state index in [1.807, 2.05) is 159 Å². The fourth-order valence-corrected chi connectivity index (χ4v) is 12.8. The molecule has 0 saturated carbocycles. The van der Waals surface area contributed by atoms with Crippen molar-refractivity contribution in [2.45, 2.75) is 58.5 Å². The molecule has 488 valence electrons. The molecule has 27 heteroatoms. The van der Waals surface area contributed by atoms with Crippen molar-refractivity contribution in [1.29, 1.82) is 0 Å². The van der Waals surface area contributed by atoms with Gasteiger partial charge in [-0.05, 0) is 87.3 Å². The maximum Gasteiger partial charge on any atom is 0.211 e. The van der Waals surface area contributed by atoms with Gasteiger partial charge < -0.3 is 20.7 Å². The summed E-state index contributed by atoms with van der Waals surface area (Å²) in [6, 6.07) is 24.9. The number of anilines is 3. The van der Waals surface area contributed by atoms with Crippen LogP contribution < -0.4 is 16.0 Å². The van der Waals surface area contributed by atoms with Crippen LogP contribution in [0.3, 0.4) is 0 Å². The van der Waals surface area contributed by atoms with Gasteiger partial charge in [0.15, 0.2) is 22.5 Å². The normalized spacial score (nSPS) is 13.9. The SMILES string of the molecule is Cc1nnc(-c2cnc(-c3cccc(-c4cnn(C)c4)c3)nc2NC(C)C)s1.Cn1cc(-c2cccc(-c3ncc(-c4cnn(C)c4)c(NC4CCN(S(C)(=O)=O)CC4)n3)c2)cn1.Cn1cc(-c2cccc(-c3ncc(-c4cnn(C)c4)c(NCC4CCOCC4)n3)c2)cn1. The number of aromatic nitrogens is 18. The van der Waals surface area contributed by atoms with Crippen molar-refractivity contribution in [1.82, 2.24) is 93.3 Å². The second-order valence-corrected chi connectivity index (χ2v) is 27.2. The first-order valence-electron chi connectivity index (χ1n) is 31.4. The molecule has 0 atom stereocenters. The number of ether oxygens (including phenoxy) is 1. The Kier molecular flexibility index (Phi) is 19.8. The highest BCUT2D eigenvalue weighted by molar-refractivity contribution is 7.88. The third-order valence-corrected chi connectivity index (χ3v) is 18.4. The van der Waals surface area contributed by atoms with Gasteiger partial charge in [0.25, 0.3) is 0 Å². The van der Waals surface area contributed by atoms with Crippen LogP contribution in [0.5, 0.6) is 0 Å². The summed E-state index contributed by atoms with van der Waals surface area (Å²) in [5.74, 6) is 4.87. The zero-order valence-corrected chi connectivity index (χ0v) is 56.2. The lowest BCUT2D eigenvalue weighted by atomic mass is 10.0. The molecule has 2 fully saturated rings. The highest BCUT2D eigenvalue weighted by atomic mass is 32.2. The Morgan fingerprint density at radius 3 is 1.34 bits per heavy atom. The van der Waals surface area contributed by atoms with E-state index >= 15 is 0 Å². The number of rotatable bonds is 17. The van der Waals surface area contributed by atoms with Gasteiger partial charge >= 0.3 is 0 Å². The van der Waals surface area contributed by atoms with Gasteiger partial charge in [-0.1, -0.05) is 65.9 Å². The molecular formula is C68H76N22O3S2. The molecule has 12 aromatic rings. The molecule has 0 aliphatic carbocycles. The third kappa shape index (κ3) is 16.2. The second kappa shape index (κ2) is 29.0. The van der Waals surface area contributed by atoms with Crippen LogP contribution in [0.2, 0.25) is 0 Å². The molecule has 0 amide bonds. The molecule has 11 heterocycles. The summed E-state index contributed by atoms with van der Waals surface area (Å²) >= 11 is 1.53. The average molecular weight is 1310 g/mol. The Morgan fingerprint density at radius 1 is 0.516 bits per heavy atom. The van der Waals surface area contributed by atoms with Gasteiger partial charge in [0.2, 0.25) is 10.0 Å². The van der Waals surface area contributed by atoms with Crippen LogP contribution in [0.25, 0.3) is 100 Å². The minimum atomic E-state index is -3.18. The highest BCUT2D eigenvalue weighted by Crippen LogP contribution is 2.35. The number of sulfonamides is 1. The molecule has 25 nitrogen and oxygen atoms in total. The lowest BCUT2D eigenvalue weighted by molar-refractivity contribution is 0.0699. The number of nitrogens with one attached hydrogen (secondary N) is 3. The van der Waals surface area contributed by atoms with E-state index in [2.05, 4.69) is 106 Å². The van der Waals surface area contributed by atoms with Crippen LogP contribution in [-0.2, 0) is 50.0 Å². The van der Waals surface area contributed by atoms with Crippen LogP contribution in [-0.4, -0.2) is 153 Å². The van der Waals surface area contributed by atoms with Crippen LogP contribution >= 0.6 is 11.3 Å². The van der Waals surface area contributed by atoms with Gasteiger partial charge in [-0.2, -0.15) is 25.5 Å². The molecule has 0 bridgehead atoms. The minimum Gasteiger partial charge on any atom is -0.381 e. The maximum atomic E-state index is 11.9. The second-order valence-electron chi connectivity index (χ2n) is 24.1. The number of benzene rings is 3. The fraction of sp³-hybridized carbons (Fsp3) is 0.309. The molecule has 0 spiro atoms. The Hall–Kier alpha value is -10.2. The van der Waals surface area contributed by atoms with Crippen molar-refractivity contribution in [3.8, 4) is 100 Å². The van der Waals surface area contributed by atoms with Gasteiger partial charge in [-0.15, -0.1) is 10.2 Å². The standard InChI is InChI=1S/C24H28N8O2S.C24H27N7O.C20H21N7S/c1-30-15-19(12-26-30)17-5-4-6-18(11-17)23-25-14-22(20-13-27-31(2)16-20)24(29-23)28-21-7-9-32(10-8-21)35(3,33)34;1-30-15-20(12-27-30)18-4-3-5-19(10-18)23-26-14-22(21-13-28-31(2)16-21)24(29-23)25-11-17-6-8-32-9-7-17;1-12(2)23-19-17(20-26-25-13(3)28-20)10-21-18(24-19)15-7-5-6-14(8-15)16-9-22-27(4)11-16/h4-6,11-16,21H,7-10H2,1-3H3,(H,25,28,29);3-5,10,12-17H,6-9,11H2,1-2H3,(H,25,26,29);5-12H,1-4H3,(H,21,23,24). The quantitative estimate of drug-likeness (QED) is 0.0764. The molecule has 3 aromatic carbocycles. The fourth-order valence-electron chi connectivity index (χ4n) is 11.2. The summed E-state index contributed by atoms with van der Waals surface area (Å²) in [7, 11) is 6.34. The van der Waals surface area contributed by atoms with Crippen molar-refractivity contribution in [2.24, 2.45) is 41.2 Å². The van der Waals surface area contributed by atoms with E-state index in [0.717, 1.165) is 132 Å². The minimum absolute atomic E-state index is 0.105. The molecule has 2 aliphatic rings. The molecule has 2 aliphatic heterocycles. The van der Waals surface area contributed by atoms with Gasteiger partial charge in [-0.3, -0.25) is 23.4 Å². The lowest BCUT2D eigenvalue weighted by Gasteiger charge is -2.31. The monoisotopic (exact) mass is 1310 g/mol. The number of hydrogen-bond donors (Lipinski definition) is 3. The summed E-state index contributed by atoms with van der Waals surface area (Å²) in [5.41, 5.74) is 13.8. The Morgan fingerprint density at radius 2 is 0.926 bits per heavy atom. The van der Waals surface area contributed by atoms with Gasteiger partial charge in [-0.25, -0.2) is 42.6 Å². The zero-order chi connectivity index (χ0) is 66.2. The zero-order valence-electron chi connectivity index (χ0n) is 54.6. The van der Waals surface area contributed by atoms with Crippen LogP contribution in [0.1, 0.15) is 44.5 Å². The molecule has 3 N–H and O–H groups in total. The predicted octanol–water partition coefficient (Wildman–Crippen LogP) is 10.8. The Labute approximate surface area is 555 Å². The molecule has 14 rings (SSSR count). The van der Waals surface area contributed by atoms with Crippen molar-refractivity contribution >= 4 is 38.8 Å². The number of nitrogens with zero attached hydrogens (tertiary/aromatic N) is 19. The average Bonchev–Trinajstić information content (AvgIpc) is 1.55. The number of aryl methyl sites for hydroxylation is 6. The summed E-state index contributed by atoms with van der Waals surface area (Å²) in [6.45, 7) is 9.61. The van der Waals surface area contributed by atoms with E-state index in [0.29, 0.717) is 55.1 Å². The van der Waals surface area contributed by atoms with Crippen LogP contribution in [0, 0.1) is 12.8 Å². The summed E-state index contributed by atoms with van der Waals surface area (Å²) in [5, 5.41) is 42.1. The predicted molar refractivity (Wildman–Crippen MR) is 371 cm³/mol. The number of hydrogen-bond acceptors (Lipinski definition) is 20. The molecule has 0 radical (unpaired) electrons. The summed E-state index contributed by atoms with van der Waals surface area (Å²) in [6.07, 6.45) is 29.4. The largest absolute Gasteiger partial charge is 0.381 e. The van der Waals surface area contributed by atoms with E-state index in [-0.39, 0.29) is 12.1 Å². The summed E-state index contributed by atoms with van der Waals surface area (Å²) < 4.78 is 39.7. The Balaban J connectivity index is 0.000000137. The number of piperidine rings is 1. The van der Waals surface area contributed by atoms with E-state index in [1.54, 1.807) is 29.6 Å². The first-order chi connectivity index (χ1) is 45.9. The molecule has 2 saturated heterocycles. The summed E-state index contributed by atoms with van der Waals surface area (Å²) in [4.78, 5) is 28.7. The van der Waals surface area contributed by atoms with E-state index in [4.69, 9.17) is 24.7 Å². The topological polar surface area (TPSA) is 275 Å². The van der Waals surface area contributed by atoms with Crippen LogP contribution in [0.15, 0.2) is 153 Å². The molecule has 9 aromatic heterocycles. The van der Waals surface area contributed by atoms with Crippen LogP contribution in [0.4, 0.5) is 17.5 Å². The van der Waals surface area contributed by atoms with Crippen molar-refractivity contribution in [2.75, 3.05) is 55.1 Å². The van der Waals surface area contributed by atoms with E-state index in [1.165, 1.54) is 21.9 Å². The first-order valence-corrected chi connectivity index (χ1v) is 34.1. The van der Waals surface area contributed by atoms with Gasteiger partial charge in [0, 0.05) is 185 Å². The first kappa shape index (κ1) is 64.9. The molecule has 0 unspecified atom stereocenters. The van der Waals surface area contributed by atoms with E-state index in [9.17, 15) is 8.42 Å². The van der Waals surface area contributed by atoms with Gasteiger partial charge in [0.1, 0.15) is 22.5 Å². The molecular weight excluding hydrogens is 1240 g/mol. The van der Waals surface area contributed by atoms with Gasteiger partial charge in [0.05, 0.1) is 42.8 Å². The van der Waals surface area contributed by atoms with Crippen molar-refractivity contribution < 1.29 is 13.2 Å². The highest BCUT2D eigenvalue weighted by Gasteiger charge is 2.27. The van der Waals surface area contributed by atoms with E-state index < -0.39 is 10.0 Å². The third-order valence-electron chi connectivity index (χ3n) is 16.2. The van der Waals surface area contributed by atoms with Crippen molar-refractivity contribution in [3.05, 3.63) is 158 Å². The maximum absolute atomic E-state index is 11.9.